The van der Waals surface area contributed by atoms with Gasteiger partial charge >= 0.3 is 12.1 Å². The Labute approximate surface area is 205 Å². The predicted molar refractivity (Wildman–Crippen MR) is 133 cm³/mol. The van der Waals surface area contributed by atoms with Crippen LogP contribution in [0.15, 0.2) is 72.8 Å². The van der Waals surface area contributed by atoms with Gasteiger partial charge < -0.3 is 9.47 Å². The summed E-state index contributed by atoms with van der Waals surface area (Å²) in [4.78, 5) is 27.3. The topological polar surface area (TPSA) is 55.8 Å². The Hall–Kier alpha value is -3.67. The van der Waals surface area contributed by atoms with Crippen LogP contribution in [0, 0.1) is 5.82 Å². The maximum Gasteiger partial charge on any atom is 0.410 e. The summed E-state index contributed by atoms with van der Waals surface area (Å²) in [6.45, 7) is 5.37. The molecule has 0 spiro atoms. The lowest BCUT2D eigenvalue weighted by Gasteiger charge is -2.30. The summed E-state index contributed by atoms with van der Waals surface area (Å²) in [5.74, 6) is -1.16. The number of halogens is 1. The number of hydrogen-bond acceptors (Lipinski definition) is 4. The van der Waals surface area contributed by atoms with Crippen LogP contribution in [0.1, 0.15) is 43.4 Å². The van der Waals surface area contributed by atoms with E-state index in [-0.39, 0.29) is 18.9 Å². The van der Waals surface area contributed by atoms with Crippen molar-refractivity contribution >= 4 is 12.1 Å². The Kier molecular flexibility index (Phi) is 6.92. The zero-order chi connectivity index (χ0) is 25.2. The third-order valence-electron chi connectivity index (χ3n) is 6.14. The predicted octanol–water partition coefficient (Wildman–Crippen LogP) is 5.96. The van der Waals surface area contributed by atoms with Gasteiger partial charge in [-0.05, 0) is 54.7 Å². The number of fused-ring (bicyclic) bond motifs is 3. The zero-order valence-electron chi connectivity index (χ0n) is 20.5. The molecule has 3 aromatic rings. The molecule has 6 heteroatoms. The van der Waals surface area contributed by atoms with Crippen LogP contribution in [0.4, 0.5) is 9.18 Å². The maximum atomic E-state index is 14.4. The van der Waals surface area contributed by atoms with Crippen LogP contribution in [0.25, 0.3) is 11.1 Å². The van der Waals surface area contributed by atoms with Gasteiger partial charge in [0, 0.05) is 19.4 Å². The molecule has 0 aromatic heterocycles. The summed E-state index contributed by atoms with van der Waals surface area (Å²) in [6.07, 6.45) is -0.693. The van der Waals surface area contributed by atoms with Gasteiger partial charge in [0.2, 0.25) is 0 Å². The van der Waals surface area contributed by atoms with E-state index in [9.17, 15) is 14.0 Å². The van der Waals surface area contributed by atoms with Crippen molar-refractivity contribution in [1.29, 1.82) is 0 Å². The van der Waals surface area contributed by atoms with E-state index < -0.39 is 29.5 Å². The van der Waals surface area contributed by atoms with Gasteiger partial charge in [0.05, 0.1) is 0 Å². The summed E-state index contributed by atoms with van der Waals surface area (Å²) in [5, 5.41) is 0. The highest BCUT2D eigenvalue weighted by atomic mass is 19.1. The van der Waals surface area contributed by atoms with Crippen LogP contribution in [-0.2, 0) is 20.7 Å². The molecular formula is C29H30FNO4. The van der Waals surface area contributed by atoms with E-state index in [0.717, 1.165) is 22.3 Å². The minimum atomic E-state index is -1.04. The number of nitrogens with zero attached hydrogens (tertiary/aromatic N) is 1. The van der Waals surface area contributed by atoms with E-state index in [4.69, 9.17) is 9.47 Å². The Morgan fingerprint density at radius 3 is 2.03 bits per heavy atom. The van der Waals surface area contributed by atoms with Crippen molar-refractivity contribution < 1.29 is 23.5 Å². The molecule has 0 saturated carbocycles. The second-order valence-electron chi connectivity index (χ2n) is 9.76. The average Bonchev–Trinajstić information content (AvgIpc) is 3.14. The van der Waals surface area contributed by atoms with E-state index in [2.05, 4.69) is 12.1 Å². The third kappa shape index (κ3) is 5.37. The highest BCUT2D eigenvalue weighted by molar-refractivity contribution is 5.82. The molecule has 1 unspecified atom stereocenters. The molecule has 35 heavy (non-hydrogen) atoms. The van der Waals surface area contributed by atoms with Gasteiger partial charge in [-0.25, -0.2) is 14.0 Å². The maximum absolute atomic E-state index is 14.4. The molecule has 3 aromatic carbocycles. The van der Waals surface area contributed by atoms with Gasteiger partial charge in [-0.15, -0.1) is 0 Å². The Morgan fingerprint density at radius 1 is 0.914 bits per heavy atom. The monoisotopic (exact) mass is 475 g/mol. The first-order valence-corrected chi connectivity index (χ1v) is 11.7. The van der Waals surface area contributed by atoms with Crippen LogP contribution in [0.3, 0.4) is 0 Å². The highest BCUT2D eigenvalue weighted by Crippen LogP contribution is 2.44. The van der Waals surface area contributed by atoms with E-state index in [1.165, 1.54) is 18.0 Å². The van der Waals surface area contributed by atoms with Crippen molar-refractivity contribution in [1.82, 2.24) is 4.90 Å². The minimum Gasteiger partial charge on any atom is -0.458 e. The first kappa shape index (κ1) is 24.5. The molecule has 0 aliphatic heterocycles. The summed E-state index contributed by atoms with van der Waals surface area (Å²) in [6, 6.07) is 21.3. The number of benzene rings is 3. The number of rotatable bonds is 6. The van der Waals surface area contributed by atoms with Gasteiger partial charge in [0.15, 0.2) is 0 Å². The quantitative estimate of drug-likeness (QED) is 0.413. The number of ether oxygens (including phenoxy) is 2. The summed E-state index contributed by atoms with van der Waals surface area (Å²) in [7, 11) is 1.48. The molecule has 182 valence electrons. The van der Waals surface area contributed by atoms with E-state index in [1.54, 1.807) is 39.0 Å². The molecule has 0 heterocycles. The molecule has 0 radical (unpaired) electrons. The van der Waals surface area contributed by atoms with Crippen molar-refractivity contribution in [3.63, 3.8) is 0 Å². The average molecular weight is 476 g/mol. The smallest absolute Gasteiger partial charge is 0.410 e. The van der Waals surface area contributed by atoms with Crippen LogP contribution in [0.5, 0.6) is 0 Å². The van der Waals surface area contributed by atoms with Gasteiger partial charge in [-0.1, -0.05) is 66.7 Å². The number of hydrogen-bond donors (Lipinski definition) is 0. The highest BCUT2D eigenvalue weighted by Gasteiger charge is 2.34. The fraction of sp³-hybridized carbons (Fsp3) is 0.310. The van der Waals surface area contributed by atoms with E-state index >= 15 is 0 Å². The molecule has 0 fully saturated rings. The lowest BCUT2D eigenvalue weighted by atomic mass is 9.98. The molecule has 4 rings (SSSR count). The van der Waals surface area contributed by atoms with Crippen LogP contribution >= 0.6 is 0 Å². The second kappa shape index (κ2) is 9.90. The van der Waals surface area contributed by atoms with Crippen LogP contribution in [0.2, 0.25) is 0 Å². The molecule has 1 aliphatic rings. The standard InChI is InChI=1S/C29H30FNO4/c1-29(2,3)35-27(32)26(17-19-11-5-10-16-25(19)30)31(4)28(33)34-18-24-22-14-8-6-12-20(22)21-13-7-9-15-23(21)24/h5-16,24,26H,17-18H2,1-4H3. The van der Waals surface area contributed by atoms with Crippen molar-refractivity contribution in [2.45, 2.75) is 44.8 Å². The normalized spacial score (nSPS) is 13.5. The first-order chi connectivity index (χ1) is 16.7. The third-order valence-corrected chi connectivity index (χ3v) is 6.14. The number of carbonyl (C=O) groups is 2. The molecular weight excluding hydrogens is 445 g/mol. The molecule has 1 aliphatic carbocycles. The number of carbonyl (C=O) groups excluding carboxylic acids is 2. The van der Waals surface area contributed by atoms with Gasteiger partial charge in [-0.3, -0.25) is 4.90 Å². The van der Waals surface area contributed by atoms with Gasteiger partial charge in [0.25, 0.3) is 0 Å². The second-order valence-corrected chi connectivity index (χ2v) is 9.76. The van der Waals surface area contributed by atoms with Crippen molar-refractivity contribution in [3.8, 4) is 11.1 Å². The van der Waals surface area contributed by atoms with Crippen LogP contribution in [-0.4, -0.2) is 42.3 Å². The summed E-state index contributed by atoms with van der Waals surface area (Å²) in [5.41, 5.74) is 4.01. The fourth-order valence-corrected chi connectivity index (χ4v) is 4.44. The molecule has 0 N–H and O–H groups in total. The molecule has 1 atom stereocenters. The SMILES string of the molecule is CN(C(=O)OCC1c2ccccc2-c2ccccc21)C(Cc1ccccc1F)C(=O)OC(C)(C)C. The van der Waals surface area contributed by atoms with Crippen LogP contribution < -0.4 is 0 Å². The Bertz CT molecular complexity index is 1190. The lowest BCUT2D eigenvalue weighted by molar-refractivity contribution is -0.160. The summed E-state index contributed by atoms with van der Waals surface area (Å²) < 4.78 is 25.6. The zero-order valence-corrected chi connectivity index (χ0v) is 20.5. The van der Waals surface area contributed by atoms with Gasteiger partial charge in [-0.2, -0.15) is 0 Å². The van der Waals surface area contributed by atoms with Crippen molar-refractivity contribution in [2.24, 2.45) is 0 Å². The fourth-order valence-electron chi connectivity index (χ4n) is 4.44. The lowest BCUT2D eigenvalue weighted by Crippen LogP contribution is -2.47. The minimum absolute atomic E-state index is 0.0255. The number of amides is 1. The number of likely N-dealkylation sites (N-methyl/N-ethyl adjacent to an activating group) is 1. The van der Waals surface area contributed by atoms with E-state index in [0.29, 0.717) is 5.56 Å². The first-order valence-electron chi connectivity index (χ1n) is 11.7. The van der Waals surface area contributed by atoms with Crippen molar-refractivity contribution in [3.05, 3.63) is 95.3 Å². The Balaban J connectivity index is 1.53. The summed E-state index contributed by atoms with van der Waals surface area (Å²) >= 11 is 0. The molecule has 0 saturated heterocycles. The van der Waals surface area contributed by atoms with E-state index in [1.807, 2.05) is 36.4 Å². The molecule has 1 amide bonds. The number of esters is 1. The van der Waals surface area contributed by atoms with Crippen molar-refractivity contribution in [2.75, 3.05) is 13.7 Å². The Morgan fingerprint density at radius 2 is 1.46 bits per heavy atom. The van der Waals surface area contributed by atoms with Gasteiger partial charge in [0.1, 0.15) is 24.1 Å². The molecule has 5 nitrogen and oxygen atoms in total. The molecule has 0 bridgehead atoms. The largest absolute Gasteiger partial charge is 0.458 e.